The average Bonchev–Trinajstić information content (AvgIpc) is 4.42. The molecular formula is C68H40N10. The van der Waals surface area contributed by atoms with E-state index in [1.54, 1.807) is 0 Å². The van der Waals surface area contributed by atoms with E-state index in [4.69, 9.17) is 24.9 Å². The van der Waals surface area contributed by atoms with Crippen molar-refractivity contribution in [2.45, 2.75) is 0 Å². The third-order valence-corrected chi connectivity index (χ3v) is 15.4. The molecule has 0 N–H and O–H groups in total. The van der Waals surface area contributed by atoms with Crippen molar-refractivity contribution in [1.29, 1.82) is 5.26 Å². The van der Waals surface area contributed by atoms with Crippen molar-refractivity contribution in [1.82, 2.24) is 43.2 Å². The van der Waals surface area contributed by atoms with E-state index in [2.05, 4.69) is 182 Å². The lowest BCUT2D eigenvalue weighted by Crippen LogP contribution is -2.17. The van der Waals surface area contributed by atoms with Crippen molar-refractivity contribution >= 4 is 87.7 Å². The molecule has 16 aromatic rings. The molecule has 7 aromatic carbocycles. The summed E-state index contributed by atoms with van der Waals surface area (Å²) >= 11 is 0. The Morgan fingerprint density at radius 2 is 0.603 bits per heavy atom. The van der Waals surface area contributed by atoms with Gasteiger partial charge in [0.1, 0.15) is 6.07 Å². The Bertz CT molecular complexity index is 4900. The number of rotatable bonds is 7. The van der Waals surface area contributed by atoms with Gasteiger partial charge in [0.15, 0.2) is 0 Å². The number of hydrogen-bond donors (Lipinski definition) is 0. The second-order valence-electron chi connectivity index (χ2n) is 19.5. The zero-order valence-electron chi connectivity index (χ0n) is 41.6. The van der Waals surface area contributed by atoms with Crippen LogP contribution in [0.2, 0.25) is 0 Å². The van der Waals surface area contributed by atoms with Crippen LogP contribution < -0.4 is 0 Å². The van der Waals surface area contributed by atoms with Crippen molar-refractivity contribution in [3.05, 3.63) is 249 Å². The number of fused-ring (bicyclic) bond motifs is 12. The van der Waals surface area contributed by atoms with E-state index in [1.165, 1.54) is 0 Å². The molecule has 0 aliphatic heterocycles. The number of pyridine rings is 5. The first-order valence-electron chi connectivity index (χ1n) is 25.9. The molecule has 9 heterocycles. The van der Waals surface area contributed by atoms with Gasteiger partial charge in [-0.15, -0.1) is 0 Å². The molecular weight excluding hydrogens is 957 g/mol. The van der Waals surface area contributed by atoms with Gasteiger partial charge in [0.25, 0.3) is 0 Å². The summed E-state index contributed by atoms with van der Waals surface area (Å²) in [5, 5.41) is 16.8. The highest BCUT2D eigenvalue weighted by molar-refractivity contribution is 6.15. The molecule has 0 bridgehead atoms. The molecule has 0 saturated carbocycles. The first kappa shape index (κ1) is 43.4. The lowest BCUT2D eigenvalue weighted by atomic mass is 9.91. The maximum atomic E-state index is 12.9. The summed E-state index contributed by atoms with van der Waals surface area (Å²) in [5.41, 5.74) is 18.7. The van der Waals surface area contributed by atoms with Crippen LogP contribution >= 0.6 is 0 Å². The number of hydrogen-bond acceptors (Lipinski definition) is 6. The van der Waals surface area contributed by atoms with Crippen molar-refractivity contribution in [3.63, 3.8) is 0 Å². The Morgan fingerprint density at radius 3 is 0.974 bits per heavy atom. The number of nitriles is 1. The smallest absolute Gasteiger partial charge is 0.102 e. The summed E-state index contributed by atoms with van der Waals surface area (Å²) in [5.74, 6) is 0. The van der Waals surface area contributed by atoms with Gasteiger partial charge in [-0.05, 0) is 90.5 Å². The van der Waals surface area contributed by atoms with Gasteiger partial charge in [-0.25, -0.2) is 4.98 Å². The summed E-state index contributed by atoms with van der Waals surface area (Å²) in [6, 6.07) is 78.3. The van der Waals surface area contributed by atoms with Crippen molar-refractivity contribution in [3.8, 4) is 62.5 Å². The molecule has 16 rings (SSSR count). The summed E-state index contributed by atoms with van der Waals surface area (Å²) in [4.78, 5) is 26.0. The summed E-state index contributed by atoms with van der Waals surface area (Å²) < 4.78 is 9.34. The first-order chi connectivity index (χ1) is 38.7. The normalized spacial score (nSPS) is 11.8. The van der Waals surface area contributed by atoms with Gasteiger partial charge in [-0.1, -0.05) is 133 Å². The molecule has 0 amide bonds. The van der Waals surface area contributed by atoms with E-state index in [0.717, 1.165) is 133 Å². The van der Waals surface area contributed by atoms with E-state index in [1.807, 2.05) is 85.5 Å². The minimum atomic E-state index is 0.433. The molecule has 10 heteroatoms. The number of para-hydroxylation sites is 4. The van der Waals surface area contributed by atoms with E-state index < -0.39 is 0 Å². The molecule has 362 valence electrons. The maximum Gasteiger partial charge on any atom is 0.102 e. The second kappa shape index (κ2) is 17.0. The molecule has 78 heavy (non-hydrogen) atoms. The SMILES string of the molecule is N#Cc1c(-c2cc(-c3ccccc3)nc(-c3ccccc3)c2)c(-n2c3ccccc3c3ncccc32)c(-n2c3ccccc3c3ncccc32)c(-n2c3ccccc3c3ncccc32)c1-n1c2ccccc2c2ncccc21. The van der Waals surface area contributed by atoms with Crippen LogP contribution in [0.4, 0.5) is 0 Å². The highest BCUT2D eigenvalue weighted by Crippen LogP contribution is 2.52. The number of benzene rings is 7. The minimum Gasteiger partial charge on any atom is -0.305 e. The van der Waals surface area contributed by atoms with Gasteiger partial charge in [0.05, 0.1) is 106 Å². The Balaban J connectivity index is 1.27. The predicted octanol–water partition coefficient (Wildman–Crippen LogP) is 15.9. The van der Waals surface area contributed by atoms with Gasteiger partial charge >= 0.3 is 0 Å². The van der Waals surface area contributed by atoms with Crippen molar-refractivity contribution in [2.24, 2.45) is 0 Å². The third kappa shape index (κ3) is 6.21. The Labute approximate surface area is 445 Å². The predicted molar refractivity (Wildman–Crippen MR) is 314 cm³/mol. The largest absolute Gasteiger partial charge is 0.305 e. The van der Waals surface area contributed by atoms with E-state index in [0.29, 0.717) is 16.8 Å². The molecule has 0 unspecified atom stereocenters. The molecule has 9 aromatic heterocycles. The van der Waals surface area contributed by atoms with Crippen LogP contribution in [0.15, 0.2) is 243 Å². The zero-order valence-corrected chi connectivity index (χ0v) is 41.6. The van der Waals surface area contributed by atoms with Crippen LogP contribution in [0.1, 0.15) is 5.56 Å². The lowest BCUT2D eigenvalue weighted by Gasteiger charge is -2.29. The summed E-state index contributed by atoms with van der Waals surface area (Å²) in [6.07, 6.45) is 7.43. The third-order valence-electron chi connectivity index (χ3n) is 15.4. The Hall–Kier alpha value is -11.0. The monoisotopic (exact) mass is 996 g/mol. The summed E-state index contributed by atoms with van der Waals surface area (Å²) in [7, 11) is 0. The first-order valence-corrected chi connectivity index (χ1v) is 25.9. The van der Waals surface area contributed by atoms with Crippen LogP contribution in [-0.2, 0) is 0 Å². The fraction of sp³-hybridized carbons (Fsp3) is 0. The fourth-order valence-electron chi connectivity index (χ4n) is 12.2. The van der Waals surface area contributed by atoms with Crippen LogP contribution in [0.3, 0.4) is 0 Å². The highest BCUT2D eigenvalue weighted by atomic mass is 15.2. The maximum absolute atomic E-state index is 12.9. The topological polar surface area (TPSA) is 108 Å². The van der Waals surface area contributed by atoms with E-state index in [-0.39, 0.29) is 0 Å². The molecule has 0 radical (unpaired) electrons. The molecule has 10 nitrogen and oxygen atoms in total. The number of aromatic nitrogens is 9. The van der Waals surface area contributed by atoms with E-state index >= 15 is 0 Å². The molecule has 0 aliphatic carbocycles. The summed E-state index contributed by atoms with van der Waals surface area (Å²) in [6.45, 7) is 0. The van der Waals surface area contributed by atoms with Crippen molar-refractivity contribution in [2.75, 3.05) is 0 Å². The lowest BCUT2D eigenvalue weighted by molar-refractivity contribution is 1.02. The van der Waals surface area contributed by atoms with Crippen molar-refractivity contribution < 1.29 is 0 Å². The van der Waals surface area contributed by atoms with Crippen LogP contribution in [0.5, 0.6) is 0 Å². The van der Waals surface area contributed by atoms with E-state index in [9.17, 15) is 5.26 Å². The Kier molecular flexibility index (Phi) is 9.46. The van der Waals surface area contributed by atoms with Gasteiger partial charge in [0.2, 0.25) is 0 Å². The average molecular weight is 997 g/mol. The minimum absolute atomic E-state index is 0.433. The van der Waals surface area contributed by atoms with Crippen LogP contribution in [0, 0.1) is 11.3 Å². The van der Waals surface area contributed by atoms with Crippen LogP contribution in [-0.4, -0.2) is 43.2 Å². The second-order valence-corrected chi connectivity index (χ2v) is 19.5. The molecule has 0 aliphatic rings. The molecule has 0 fully saturated rings. The standard InChI is InChI=1S/C68H40N10/c69-41-49-60(44-39-50(42-19-3-1-4-20-42)74-51(40-44)43-21-5-2-6-22-43)66(76-53-28-12-8-24-46(53)62-57(76)32-16-36-71-62)68(78-55-30-14-10-26-48(55)64-59(78)34-18-38-73-64)67(77-54-29-13-9-25-47(54)63-58(77)33-17-37-72-63)65(49)75-52-27-11-7-23-45(52)61-56(75)31-15-35-70-61/h1-40H. The fourth-order valence-corrected chi connectivity index (χ4v) is 12.2. The van der Waals surface area contributed by atoms with Crippen LogP contribution in [0.25, 0.3) is 144 Å². The Morgan fingerprint density at radius 1 is 0.295 bits per heavy atom. The van der Waals surface area contributed by atoms with Gasteiger partial charge in [-0.3, -0.25) is 19.9 Å². The number of nitrogens with zero attached hydrogens (tertiary/aromatic N) is 10. The van der Waals surface area contributed by atoms with Gasteiger partial charge in [0, 0.05) is 63.0 Å². The molecule has 0 spiro atoms. The quantitative estimate of drug-likeness (QED) is 0.157. The van der Waals surface area contributed by atoms with Gasteiger partial charge in [-0.2, -0.15) is 5.26 Å². The molecule has 0 atom stereocenters. The highest BCUT2D eigenvalue weighted by Gasteiger charge is 2.36. The zero-order chi connectivity index (χ0) is 51.4. The molecule has 0 saturated heterocycles. The van der Waals surface area contributed by atoms with Gasteiger partial charge < -0.3 is 18.3 Å².